The Bertz CT molecular complexity index is 1100. The molecule has 0 aliphatic heterocycles. The van der Waals surface area contributed by atoms with Crippen LogP contribution >= 0.6 is 11.6 Å². The van der Waals surface area contributed by atoms with E-state index in [2.05, 4.69) is 5.32 Å². The van der Waals surface area contributed by atoms with Crippen molar-refractivity contribution >= 4 is 34.9 Å². The first-order valence-electron chi connectivity index (χ1n) is 9.41. The molecule has 0 saturated heterocycles. The van der Waals surface area contributed by atoms with E-state index >= 15 is 0 Å². The molecular weight excluding hydrogens is 418 g/mol. The van der Waals surface area contributed by atoms with Crippen LogP contribution in [0.1, 0.15) is 39.3 Å². The summed E-state index contributed by atoms with van der Waals surface area (Å²) in [4.78, 5) is 37.5. The van der Waals surface area contributed by atoms with Crippen LogP contribution in [0.15, 0.2) is 72.8 Å². The van der Waals surface area contributed by atoms with E-state index in [1.54, 1.807) is 60.7 Å². The molecule has 158 valence electrons. The molecule has 0 fully saturated rings. The molecule has 0 aromatic heterocycles. The molecule has 1 atom stereocenters. The number of hydrogen-bond acceptors (Lipinski definition) is 5. The van der Waals surface area contributed by atoms with Crippen LogP contribution in [-0.2, 0) is 9.53 Å². The summed E-state index contributed by atoms with van der Waals surface area (Å²) in [7, 11) is 1.38. The van der Waals surface area contributed by atoms with Crippen LogP contribution in [0.4, 0.5) is 5.69 Å². The zero-order valence-corrected chi connectivity index (χ0v) is 17.7. The highest BCUT2D eigenvalue weighted by atomic mass is 35.5. The van der Waals surface area contributed by atoms with Crippen LogP contribution in [0.5, 0.6) is 5.75 Å². The van der Waals surface area contributed by atoms with Crippen molar-refractivity contribution in [1.82, 2.24) is 0 Å². The van der Waals surface area contributed by atoms with Gasteiger partial charge in [0.1, 0.15) is 11.3 Å². The molecule has 0 radical (unpaired) electrons. The number of amides is 1. The van der Waals surface area contributed by atoms with Gasteiger partial charge in [-0.2, -0.15) is 0 Å². The Morgan fingerprint density at radius 1 is 0.935 bits per heavy atom. The molecule has 0 unspecified atom stereocenters. The zero-order valence-electron chi connectivity index (χ0n) is 16.9. The number of Topliss-reactive ketones (excluding diaryl/α,β-unsaturated/α-hetero) is 1. The van der Waals surface area contributed by atoms with E-state index in [1.807, 2.05) is 0 Å². The average Bonchev–Trinajstić information content (AvgIpc) is 2.78. The number of halogens is 1. The molecule has 7 heteroatoms. The number of ketones is 1. The van der Waals surface area contributed by atoms with Crippen LogP contribution in [0.3, 0.4) is 0 Å². The molecule has 0 aliphatic rings. The minimum Gasteiger partial charge on any atom is -0.496 e. The zero-order chi connectivity index (χ0) is 22.4. The van der Waals surface area contributed by atoms with Crippen molar-refractivity contribution in [1.29, 1.82) is 0 Å². The Balaban J connectivity index is 1.96. The SMILES string of the molecule is COc1cc(NC(C)=O)c(Cl)cc1C(=O)O[C@H](C(=O)c1ccccc1)c1ccccc1. The molecule has 3 rings (SSSR count). The van der Waals surface area contributed by atoms with E-state index in [0.29, 0.717) is 16.8 Å². The van der Waals surface area contributed by atoms with E-state index in [4.69, 9.17) is 21.1 Å². The van der Waals surface area contributed by atoms with Crippen molar-refractivity contribution in [3.05, 3.63) is 94.5 Å². The average molecular weight is 438 g/mol. The molecule has 6 nitrogen and oxygen atoms in total. The maximum atomic E-state index is 13.1. The van der Waals surface area contributed by atoms with Gasteiger partial charge in [0, 0.05) is 24.1 Å². The Hall–Kier alpha value is -3.64. The minimum atomic E-state index is -1.16. The maximum absolute atomic E-state index is 13.1. The number of rotatable bonds is 7. The van der Waals surface area contributed by atoms with Crippen molar-refractivity contribution in [3.8, 4) is 5.75 Å². The van der Waals surface area contributed by atoms with E-state index in [0.717, 1.165) is 0 Å². The number of hydrogen-bond donors (Lipinski definition) is 1. The Morgan fingerprint density at radius 3 is 2.13 bits per heavy atom. The normalized spacial score (nSPS) is 11.3. The number of esters is 1. The van der Waals surface area contributed by atoms with Gasteiger partial charge in [-0.25, -0.2) is 4.79 Å². The first-order chi connectivity index (χ1) is 14.9. The lowest BCUT2D eigenvalue weighted by atomic mass is 9.99. The Labute approximate surface area is 184 Å². The van der Waals surface area contributed by atoms with Gasteiger partial charge in [-0.1, -0.05) is 72.3 Å². The summed E-state index contributed by atoms with van der Waals surface area (Å²) < 4.78 is 10.9. The molecule has 0 saturated carbocycles. The lowest BCUT2D eigenvalue weighted by Crippen LogP contribution is -2.21. The third kappa shape index (κ3) is 5.29. The first kappa shape index (κ1) is 22.1. The van der Waals surface area contributed by atoms with Gasteiger partial charge >= 0.3 is 5.97 Å². The van der Waals surface area contributed by atoms with Crippen molar-refractivity contribution in [3.63, 3.8) is 0 Å². The highest BCUT2D eigenvalue weighted by molar-refractivity contribution is 6.34. The monoisotopic (exact) mass is 437 g/mol. The van der Waals surface area contributed by atoms with Crippen LogP contribution in [0, 0.1) is 0 Å². The molecule has 1 amide bonds. The van der Waals surface area contributed by atoms with Crippen molar-refractivity contribution < 1.29 is 23.9 Å². The maximum Gasteiger partial charge on any atom is 0.343 e. The molecule has 0 bridgehead atoms. The van der Waals surface area contributed by atoms with Crippen LogP contribution < -0.4 is 10.1 Å². The predicted molar refractivity (Wildman–Crippen MR) is 118 cm³/mol. The highest BCUT2D eigenvalue weighted by Gasteiger charge is 2.28. The number of nitrogens with one attached hydrogen (secondary N) is 1. The third-order valence-electron chi connectivity index (χ3n) is 4.44. The topological polar surface area (TPSA) is 81.7 Å². The van der Waals surface area contributed by atoms with Gasteiger partial charge < -0.3 is 14.8 Å². The van der Waals surface area contributed by atoms with Gasteiger partial charge in [0.05, 0.1) is 17.8 Å². The highest BCUT2D eigenvalue weighted by Crippen LogP contribution is 2.33. The quantitative estimate of drug-likeness (QED) is 0.411. The molecule has 1 N–H and O–H groups in total. The summed E-state index contributed by atoms with van der Waals surface area (Å²) in [6, 6.07) is 20.1. The van der Waals surface area contributed by atoms with E-state index in [1.165, 1.54) is 26.2 Å². The molecule has 3 aromatic carbocycles. The first-order valence-corrected chi connectivity index (χ1v) is 9.78. The van der Waals surface area contributed by atoms with Gasteiger partial charge in [-0.15, -0.1) is 0 Å². The molecule has 0 spiro atoms. The third-order valence-corrected chi connectivity index (χ3v) is 4.76. The van der Waals surface area contributed by atoms with Gasteiger partial charge in [0.25, 0.3) is 0 Å². The summed E-state index contributed by atoms with van der Waals surface area (Å²) in [5, 5.41) is 2.70. The largest absolute Gasteiger partial charge is 0.496 e. The second kappa shape index (κ2) is 9.91. The second-order valence-electron chi connectivity index (χ2n) is 6.64. The number of carbonyl (C=O) groups is 3. The summed E-state index contributed by atoms with van der Waals surface area (Å²) in [6.45, 7) is 1.34. The van der Waals surface area contributed by atoms with E-state index in [9.17, 15) is 14.4 Å². The van der Waals surface area contributed by atoms with Gasteiger partial charge in [0.2, 0.25) is 11.7 Å². The molecule has 31 heavy (non-hydrogen) atoms. The summed E-state index contributed by atoms with van der Waals surface area (Å²) in [5.74, 6) is -1.32. The van der Waals surface area contributed by atoms with Gasteiger partial charge in [0.15, 0.2) is 6.10 Å². The van der Waals surface area contributed by atoms with Crippen LogP contribution in [0.2, 0.25) is 5.02 Å². The fraction of sp³-hybridized carbons (Fsp3) is 0.125. The lowest BCUT2D eigenvalue weighted by Gasteiger charge is -2.19. The number of carbonyl (C=O) groups excluding carboxylic acids is 3. The fourth-order valence-electron chi connectivity index (χ4n) is 2.99. The van der Waals surface area contributed by atoms with Crippen LogP contribution in [-0.4, -0.2) is 24.8 Å². The molecule has 0 aliphatic carbocycles. The number of benzene rings is 3. The molecule has 0 heterocycles. The standard InChI is InChI=1S/C24H20ClNO5/c1-15(27)26-20-14-21(30-2)18(13-19(20)25)24(29)31-23(17-11-7-4-8-12-17)22(28)16-9-5-3-6-10-16/h3-14,23H,1-2H3,(H,26,27)/t23-/m0/s1. The van der Waals surface area contributed by atoms with Crippen molar-refractivity contribution in [2.75, 3.05) is 12.4 Å². The number of ether oxygens (including phenoxy) is 2. The number of anilines is 1. The predicted octanol–water partition coefficient (Wildman–Crippen LogP) is 5.09. The van der Waals surface area contributed by atoms with E-state index in [-0.39, 0.29) is 28.0 Å². The molecular formula is C24H20ClNO5. The lowest BCUT2D eigenvalue weighted by molar-refractivity contribution is -0.114. The van der Waals surface area contributed by atoms with Gasteiger partial charge in [-0.3, -0.25) is 9.59 Å². The minimum absolute atomic E-state index is 0.0309. The van der Waals surface area contributed by atoms with E-state index < -0.39 is 12.1 Å². The number of methoxy groups -OCH3 is 1. The second-order valence-corrected chi connectivity index (χ2v) is 7.05. The Morgan fingerprint density at radius 2 is 1.55 bits per heavy atom. The Kier molecular flexibility index (Phi) is 7.05. The van der Waals surface area contributed by atoms with Crippen molar-refractivity contribution in [2.45, 2.75) is 13.0 Å². The van der Waals surface area contributed by atoms with Gasteiger partial charge in [-0.05, 0) is 6.07 Å². The summed E-state index contributed by atoms with van der Waals surface area (Å²) in [6.07, 6.45) is -1.16. The van der Waals surface area contributed by atoms with Crippen LogP contribution in [0.25, 0.3) is 0 Å². The summed E-state index contributed by atoms with van der Waals surface area (Å²) in [5.41, 5.74) is 1.27. The molecule has 3 aromatic rings. The summed E-state index contributed by atoms with van der Waals surface area (Å²) >= 11 is 6.21. The fourth-order valence-corrected chi connectivity index (χ4v) is 3.20. The van der Waals surface area contributed by atoms with Crippen molar-refractivity contribution in [2.24, 2.45) is 0 Å². The smallest absolute Gasteiger partial charge is 0.343 e.